The fourth-order valence-electron chi connectivity index (χ4n) is 4.14. The Hall–Kier alpha value is -3.89. The molecular formula is C29H28N2O4S. The van der Waals surface area contributed by atoms with Crippen LogP contribution in [0.15, 0.2) is 60.2 Å². The molecule has 0 radical (unpaired) electrons. The Kier molecular flexibility index (Phi) is 8.19. The van der Waals surface area contributed by atoms with Crippen molar-refractivity contribution in [3.05, 3.63) is 87.3 Å². The fraction of sp³-hybridized carbons (Fsp3) is 0.276. The Morgan fingerprint density at radius 2 is 1.92 bits per heavy atom. The van der Waals surface area contributed by atoms with Crippen molar-refractivity contribution in [1.29, 1.82) is 5.26 Å². The van der Waals surface area contributed by atoms with Crippen LogP contribution in [0.4, 0.5) is 5.00 Å². The van der Waals surface area contributed by atoms with E-state index in [1.54, 1.807) is 31.2 Å². The van der Waals surface area contributed by atoms with Crippen molar-refractivity contribution in [2.24, 2.45) is 5.92 Å². The number of benzene rings is 2. The predicted octanol–water partition coefficient (Wildman–Crippen LogP) is 6.17. The molecule has 0 fully saturated rings. The second-order valence-corrected chi connectivity index (χ2v) is 9.85. The van der Waals surface area contributed by atoms with Gasteiger partial charge in [-0.3, -0.25) is 4.79 Å². The summed E-state index contributed by atoms with van der Waals surface area (Å²) in [5.41, 5.74) is 3.09. The lowest BCUT2D eigenvalue weighted by molar-refractivity contribution is -0.112. The van der Waals surface area contributed by atoms with Gasteiger partial charge >= 0.3 is 5.97 Å². The fourth-order valence-corrected chi connectivity index (χ4v) is 5.54. The third-order valence-corrected chi connectivity index (χ3v) is 7.19. The Morgan fingerprint density at radius 3 is 2.61 bits per heavy atom. The van der Waals surface area contributed by atoms with Crippen LogP contribution in [0.25, 0.3) is 6.08 Å². The minimum Gasteiger partial charge on any atom is -0.489 e. The van der Waals surface area contributed by atoms with Gasteiger partial charge in [0.25, 0.3) is 5.91 Å². The maximum absolute atomic E-state index is 13.0. The molecule has 0 saturated heterocycles. The molecule has 0 bridgehead atoms. The number of rotatable bonds is 8. The van der Waals surface area contributed by atoms with Crippen molar-refractivity contribution < 1.29 is 19.1 Å². The van der Waals surface area contributed by atoms with Gasteiger partial charge in [0.05, 0.1) is 12.2 Å². The van der Waals surface area contributed by atoms with E-state index in [0.29, 0.717) is 34.4 Å². The molecule has 36 heavy (non-hydrogen) atoms. The zero-order valence-electron chi connectivity index (χ0n) is 20.4. The molecule has 1 heterocycles. The van der Waals surface area contributed by atoms with Crippen LogP contribution in [0, 0.1) is 17.2 Å². The molecular weight excluding hydrogens is 472 g/mol. The third kappa shape index (κ3) is 6.02. The number of anilines is 1. The van der Waals surface area contributed by atoms with E-state index in [1.807, 2.05) is 36.4 Å². The molecule has 7 heteroatoms. The molecule has 1 aliphatic rings. The van der Waals surface area contributed by atoms with E-state index in [4.69, 9.17) is 9.47 Å². The van der Waals surface area contributed by atoms with E-state index < -0.39 is 11.9 Å². The Bertz CT molecular complexity index is 1300. The van der Waals surface area contributed by atoms with Gasteiger partial charge in [-0.15, -0.1) is 11.3 Å². The summed E-state index contributed by atoms with van der Waals surface area (Å²) in [7, 11) is 0. The maximum Gasteiger partial charge on any atom is 0.341 e. The van der Waals surface area contributed by atoms with Crippen LogP contribution < -0.4 is 10.1 Å². The number of ether oxygens (including phenoxy) is 2. The van der Waals surface area contributed by atoms with Gasteiger partial charge in [-0.05, 0) is 67.0 Å². The van der Waals surface area contributed by atoms with Crippen LogP contribution in [-0.4, -0.2) is 18.5 Å². The van der Waals surface area contributed by atoms with Crippen LogP contribution in [0.1, 0.15) is 52.2 Å². The molecule has 3 aromatic rings. The highest BCUT2D eigenvalue weighted by Gasteiger charge is 2.29. The van der Waals surface area contributed by atoms with Crippen molar-refractivity contribution in [1.82, 2.24) is 0 Å². The zero-order valence-corrected chi connectivity index (χ0v) is 21.2. The van der Waals surface area contributed by atoms with Crippen LogP contribution in [-0.2, 0) is 29.0 Å². The first kappa shape index (κ1) is 25.2. The quantitative estimate of drug-likeness (QED) is 0.227. The van der Waals surface area contributed by atoms with Crippen LogP contribution in [0.2, 0.25) is 0 Å². The molecule has 0 spiro atoms. The second-order valence-electron chi connectivity index (χ2n) is 8.74. The first-order valence-corrected chi connectivity index (χ1v) is 12.8. The molecule has 1 aliphatic carbocycles. The second kappa shape index (κ2) is 11.7. The minimum atomic E-state index is -0.556. The first-order chi connectivity index (χ1) is 17.5. The number of amides is 1. The molecule has 4 rings (SSSR count). The molecule has 1 atom stereocenters. The van der Waals surface area contributed by atoms with Crippen molar-refractivity contribution >= 4 is 34.3 Å². The van der Waals surface area contributed by atoms with Crippen LogP contribution in [0.5, 0.6) is 5.75 Å². The predicted molar refractivity (Wildman–Crippen MR) is 141 cm³/mol. The van der Waals surface area contributed by atoms with Crippen LogP contribution in [0.3, 0.4) is 0 Å². The molecule has 184 valence electrons. The number of hydrogen-bond acceptors (Lipinski definition) is 6. The lowest BCUT2D eigenvalue weighted by atomic mass is 9.88. The number of carbonyl (C=O) groups excluding carboxylic acids is 2. The zero-order chi connectivity index (χ0) is 25.5. The highest BCUT2D eigenvalue weighted by atomic mass is 32.1. The normalized spacial score (nSPS) is 14.9. The number of esters is 1. The summed E-state index contributed by atoms with van der Waals surface area (Å²) in [6, 6.07) is 19.0. The molecule has 2 aromatic carbocycles. The monoisotopic (exact) mass is 500 g/mol. The van der Waals surface area contributed by atoms with Crippen molar-refractivity contribution in [2.45, 2.75) is 39.7 Å². The van der Waals surface area contributed by atoms with Crippen molar-refractivity contribution in [3.8, 4) is 11.8 Å². The highest BCUT2D eigenvalue weighted by Crippen LogP contribution is 2.40. The summed E-state index contributed by atoms with van der Waals surface area (Å²) in [5.74, 6) is 0.216. The average Bonchev–Trinajstić information content (AvgIpc) is 3.24. The molecule has 0 saturated carbocycles. The molecule has 1 N–H and O–H groups in total. The summed E-state index contributed by atoms with van der Waals surface area (Å²) in [5, 5.41) is 12.9. The van der Waals surface area contributed by atoms with E-state index in [0.717, 1.165) is 35.3 Å². The highest BCUT2D eigenvalue weighted by molar-refractivity contribution is 7.17. The summed E-state index contributed by atoms with van der Waals surface area (Å²) in [4.78, 5) is 26.8. The summed E-state index contributed by atoms with van der Waals surface area (Å²) in [6.07, 6.45) is 4.15. The van der Waals surface area contributed by atoms with Gasteiger partial charge in [0.1, 0.15) is 29.0 Å². The summed E-state index contributed by atoms with van der Waals surface area (Å²) < 4.78 is 11.1. The molecule has 1 aromatic heterocycles. The van der Waals surface area contributed by atoms with Gasteiger partial charge in [0.2, 0.25) is 0 Å². The SMILES string of the molecule is CCOC(=O)c1c(NC(=O)/C(C#N)=C/c2ccc(OCc3ccccc3)cc2)sc2c1CCC(C)C2. The first-order valence-electron chi connectivity index (χ1n) is 12.0. The van der Waals surface area contributed by atoms with Crippen molar-refractivity contribution in [3.63, 3.8) is 0 Å². The lowest BCUT2D eigenvalue weighted by Crippen LogP contribution is -2.17. The van der Waals surface area contributed by atoms with E-state index in [-0.39, 0.29) is 12.2 Å². The average molecular weight is 501 g/mol. The number of nitrogens with one attached hydrogen (secondary N) is 1. The van der Waals surface area contributed by atoms with E-state index in [2.05, 4.69) is 12.2 Å². The minimum absolute atomic E-state index is 0.0532. The lowest BCUT2D eigenvalue weighted by Gasteiger charge is -2.18. The number of nitriles is 1. The topological polar surface area (TPSA) is 88.4 Å². The molecule has 6 nitrogen and oxygen atoms in total. The Morgan fingerprint density at radius 1 is 1.17 bits per heavy atom. The van der Waals surface area contributed by atoms with E-state index >= 15 is 0 Å². The van der Waals surface area contributed by atoms with Gasteiger partial charge in [-0.1, -0.05) is 49.4 Å². The molecule has 1 amide bonds. The molecule has 0 aliphatic heterocycles. The van der Waals surface area contributed by atoms with E-state index in [1.165, 1.54) is 17.4 Å². The summed E-state index contributed by atoms with van der Waals surface area (Å²) >= 11 is 1.40. The molecule has 1 unspecified atom stereocenters. The number of carbonyl (C=O) groups is 2. The Labute approximate surface area is 215 Å². The van der Waals surface area contributed by atoms with Gasteiger partial charge in [-0.25, -0.2) is 4.79 Å². The van der Waals surface area contributed by atoms with Gasteiger partial charge < -0.3 is 14.8 Å². The van der Waals surface area contributed by atoms with Crippen molar-refractivity contribution in [2.75, 3.05) is 11.9 Å². The van der Waals surface area contributed by atoms with Gasteiger partial charge in [0, 0.05) is 4.88 Å². The standard InChI is InChI=1S/C29H28N2O4S/c1-3-34-29(33)26-24-14-9-19(2)15-25(24)36-28(26)31-27(32)22(17-30)16-20-10-12-23(13-11-20)35-18-21-7-5-4-6-8-21/h4-8,10-13,16,19H,3,9,14-15,18H2,1-2H3,(H,31,32)/b22-16+. The largest absolute Gasteiger partial charge is 0.489 e. The van der Waals surface area contributed by atoms with E-state index in [9.17, 15) is 14.9 Å². The number of fused-ring (bicyclic) bond motifs is 1. The Balaban J connectivity index is 1.49. The van der Waals surface area contributed by atoms with Gasteiger partial charge in [0.15, 0.2) is 0 Å². The number of nitrogens with zero attached hydrogens (tertiary/aromatic N) is 1. The van der Waals surface area contributed by atoms with Crippen LogP contribution >= 0.6 is 11.3 Å². The maximum atomic E-state index is 13.0. The smallest absolute Gasteiger partial charge is 0.341 e. The third-order valence-electron chi connectivity index (χ3n) is 6.02. The van der Waals surface area contributed by atoms with Gasteiger partial charge in [-0.2, -0.15) is 5.26 Å². The number of hydrogen-bond donors (Lipinski definition) is 1. The number of thiophene rings is 1. The summed E-state index contributed by atoms with van der Waals surface area (Å²) in [6.45, 7) is 4.64.